The van der Waals surface area contributed by atoms with Gasteiger partial charge in [-0.05, 0) is 26.0 Å². The Morgan fingerprint density at radius 2 is 2.26 bits per heavy atom. The second kappa shape index (κ2) is 5.43. The van der Waals surface area contributed by atoms with Crippen LogP contribution in [0.2, 0.25) is 0 Å². The van der Waals surface area contributed by atoms with Gasteiger partial charge in [0.1, 0.15) is 0 Å². The quantitative estimate of drug-likeness (QED) is 0.840. The molecular formula is C13H13N3O3. The zero-order valence-corrected chi connectivity index (χ0v) is 10.6. The lowest BCUT2D eigenvalue weighted by atomic mass is 10.1. The van der Waals surface area contributed by atoms with Gasteiger partial charge in [0.2, 0.25) is 0 Å². The van der Waals surface area contributed by atoms with Gasteiger partial charge >= 0.3 is 5.97 Å². The summed E-state index contributed by atoms with van der Waals surface area (Å²) in [5.41, 5.74) is 1.55. The molecule has 0 radical (unpaired) electrons. The molecule has 0 unspecified atom stereocenters. The number of aromatic nitrogens is 3. The van der Waals surface area contributed by atoms with Crippen molar-refractivity contribution in [3.05, 3.63) is 46.1 Å². The van der Waals surface area contributed by atoms with Crippen LogP contribution in [0.1, 0.15) is 23.0 Å². The first-order chi connectivity index (χ1) is 9.13. The van der Waals surface area contributed by atoms with E-state index in [1.54, 1.807) is 32.2 Å². The molecule has 0 spiro atoms. The van der Waals surface area contributed by atoms with Gasteiger partial charge in [-0.25, -0.2) is 9.89 Å². The monoisotopic (exact) mass is 259 g/mol. The predicted molar refractivity (Wildman–Crippen MR) is 68.8 cm³/mol. The number of pyridine rings is 1. The second-order valence-electron chi connectivity index (χ2n) is 3.88. The van der Waals surface area contributed by atoms with Crippen LogP contribution in [0.5, 0.6) is 0 Å². The summed E-state index contributed by atoms with van der Waals surface area (Å²) < 4.78 is 4.95. The van der Waals surface area contributed by atoms with E-state index in [1.807, 2.05) is 0 Å². The zero-order chi connectivity index (χ0) is 13.8. The van der Waals surface area contributed by atoms with Crippen molar-refractivity contribution < 1.29 is 9.53 Å². The predicted octanol–water partition coefficient (Wildman–Crippen LogP) is 1.32. The summed E-state index contributed by atoms with van der Waals surface area (Å²) in [6, 6.07) is 3.17. The molecule has 19 heavy (non-hydrogen) atoms. The molecule has 2 aromatic rings. The van der Waals surface area contributed by atoms with Gasteiger partial charge in [0.05, 0.1) is 23.4 Å². The van der Waals surface area contributed by atoms with Gasteiger partial charge in [0.25, 0.3) is 5.56 Å². The Bertz CT molecular complexity index is 664. The van der Waals surface area contributed by atoms with Gasteiger partial charge < -0.3 is 4.74 Å². The minimum absolute atomic E-state index is 0.290. The number of hydrogen-bond acceptors (Lipinski definition) is 5. The lowest BCUT2D eigenvalue weighted by molar-refractivity contribution is 0.0525. The average Bonchev–Trinajstić information content (AvgIpc) is 2.40. The number of rotatable bonds is 3. The Morgan fingerprint density at radius 3 is 2.95 bits per heavy atom. The highest BCUT2D eigenvalue weighted by Crippen LogP contribution is 2.17. The molecule has 0 amide bonds. The molecule has 1 N–H and O–H groups in total. The first-order valence-electron chi connectivity index (χ1n) is 5.81. The maximum atomic E-state index is 11.8. The van der Waals surface area contributed by atoms with Gasteiger partial charge in [0.15, 0.2) is 0 Å². The van der Waals surface area contributed by atoms with Gasteiger partial charge in [-0.3, -0.25) is 9.78 Å². The fourth-order valence-electron chi connectivity index (χ4n) is 1.67. The molecule has 0 saturated carbocycles. The fraction of sp³-hybridized carbons (Fsp3) is 0.231. The van der Waals surface area contributed by atoms with Gasteiger partial charge in [0, 0.05) is 18.0 Å². The number of nitrogens with one attached hydrogen (secondary N) is 1. The van der Waals surface area contributed by atoms with Crippen LogP contribution < -0.4 is 5.56 Å². The molecule has 0 aliphatic rings. The molecule has 2 rings (SSSR count). The largest absolute Gasteiger partial charge is 0.462 e. The SMILES string of the molecule is CCOC(=O)c1cc(-c2ccn[nH]c2=O)cnc1C. The van der Waals surface area contributed by atoms with Crippen molar-refractivity contribution in [3.8, 4) is 11.1 Å². The molecule has 6 nitrogen and oxygen atoms in total. The van der Waals surface area contributed by atoms with Crippen molar-refractivity contribution in [2.45, 2.75) is 13.8 Å². The number of nitrogens with zero attached hydrogens (tertiary/aromatic N) is 2. The Hall–Kier alpha value is -2.50. The van der Waals surface area contributed by atoms with Crippen molar-refractivity contribution in [3.63, 3.8) is 0 Å². The van der Waals surface area contributed by atoms with Crippen LogP contribution in [-0.2, 0) is 4.74 Å². The van der Waals surface area contributed by atoms with E-state index in [-0.39, 0.29) is 5.56 Å². The summed E-state index contributed by atoms with van der Waals surface area (Å²) in [7, 11) is 0. The average molecular weight is 259 g/mol. The van der Waals surface area contributed by atoms with Crippen molar-refractivity contribution in [1.29, 1.82) is 0 Å². The molecule has 0 aromatic carbocycles. The zero-order valence-electron chi connectivity index (χ0n) is 10.6. The summed E-state index contributed by atoms with van der Waals surface area (Å²) in [4.78, 5) is 27.5. The Labute approximate surface area is 109 Å². The van der Waals surface area contributed by atoms with E-state index in [0.717, 1.165) is 0 Å². The molecule has 0 atom stereocenters. The smallest absolute Gasteiger partial charge is 0.339 e. The fourth-order valence-corrected chi connectivity index (χ4v) is 1.67. The first kappa shape index (κ1) is 12.9. The third kappa shape index (κ3) is 2.67. The molecule has 0 aliphatic carbocycles. The standard InChI is InChI=1S/C13H13N3O3/c1-3-19-13(18)11-6-9(7-14-8(11)2)10-4-5-15-16-12(10)17/h4-7H,3H2,1-2H3,(H,16,17). The van der Waals surface area contributed by atoms with Crippen LogP contribution in [0.3, 0.4) is 0 Å². The van der Waals surface area contributed by atoms with Crippen molar-refractivity contribution in [2.75, 3.05) is 6.61 Å². The molecule has 2 heterocycles. The highest BCUT2D eigenvalue weighted by Gasteiger charge is 2.13. The molecule has 0 saturated heterocycles. The second-order valence-corrected chi connectivity index (χ2v) is 3.88. The number of hydrogen-bond donors (Lipinski definition) is 1. The van der Waals surface area contributed by atoms with E-state index in [0.29, 0.717) is 29.0 Å². The van der Waals surface area contributed by atoms with Gasteiger partial charge in [-0.15, -0.1) is 0 Å². The molecule has 6 heteroatoms. The lowest BCUT2D eigenvalue weighted by Gasteiger charge is -2.07. The van der Waals surface area contributed by atoms with E-state index in [2.05, 4.69) is 15.2 Å². The van der Waals surface area contributed by atoms with Crippen LogP contribution in [-0.4, -0.2) is 27.8 Å². The lowest BCUT2D eigenvalue weighted by Crippen LogP contribution is -2.12. The summed E-state index contributed by atoms with van der Waals surface area (Å²) in [6.07, 6.45) is 3.02. The third-order valence-electron chi connectivity index (χ3n) is 2.62. The summed E-state index contributed by atoms with van der Waals surface area (Å²) in [6.45, 7) is 3.74. The van der Waals surface area contributed by atoms with E-state index >= 15 is 0 Å². The van der Waals surface area contributed by atoms with Gasteiger partial charge in [-0.1, -0.05) is 0 Å². The van der Waals surface area contributed by atoms with Crippen molar-refractivity contribution >= 4 is 5.97 Å². The summed E-state index contributed by atoms with van der Waals surface area (Å²) in [5, 5.41) is 5.96. The number of ether oxygens (including phenoxy) is 1. The highest BCUT2D eigenvalue weighted by atomic mass is 16.5. The van der Waals surface area contributed by atoms with E-state index in [9.17, 15) is 9.59 Å². The van der Waals surface area contributed by atoms with Crippen LogP contribution in [0, 0.1) is 6.92 Å². The third-order valence-corrected chi connectivity index (χ3v) is 2.62. The Kier molecular flexibility index (Phi) is 3.70. The number of H-pyrrole nitrogens is 1. The number of aromatic amines is 1. The topological polar surface area (TPSA) is 84.9 Å². The maximum Gasteiger partial charge on any atom is 0.339 e. The molecular weight excluding hydrogens is 246 g/mol. The number of carbonyl (C=O) groups excluding carboxylic acids is 1. The maximum absolute atomic E-state index is 11.8. The summed E-state index contributed by atoms with van der Waals surface area (Å²) >= 11 is 0. The molecule has 0 fully saturated rings. The van der Waals surface area contributed by atoms with E-state index in [1.165, 1.54) is 6.20 Å². The van der Waals surface area contributed by atoms with Crippen LogP contribution in [0.25, 0.3) is 11.1 Å². The Balaban J connectivity index is 2.50. The molecule has 0 aliphatic heterocycles. The van der Waals surface area contributed by atoms with Crippen molar-refractivity contribution in [1.82, 2.24) is 15.2 Å². The van der Waals surface area contributed by atoms with Crippen LogP contribution in [0.15, 0.2) is 29.3 Å². The highest BCUT2D eigenvalue weighted by molar-refractivity contribution is 5.92. The minimum atomic E-state index is -0.445. The Morgan fingerprint density at radius 1 is 1.47 bits per heavy atom. The van der Waals surface area contributed by atoms with Crippen LogP contribution in [0.4, 0.5) is 0 Å². The van der Waals surface area contributed by atoms with Gasteiger partial charge in [-0.2, -0.15) is 5.10 Å². The minimum Gasteiger partial charge on any atom is -0.462 e. The molecule has 0 bridgehead atoms. The number of carbonyl (C=O) groups is 1. The van der Waals surface area contributed by atoms with E-state index in [4.69, 9.17) is 4.74 Å². The summed E-state index contributed by atoms with van der Waals surface area (Å²) in [5.74, 6) is -0.445. The normalized spacial score (nSPS) is 10.2. The first-order valence-corrected chi connectivity index (χ1v) is 5.81. The number of aryl methyl sites for hydroxylation is 1. The molecule has 98 valence electrons. The van der Waals surface area contributed by atoms with E-state index < -0.39 is 5.97 Å². The van der Waals surface area contributed by atoms with Crippen molar-refractivity contribution in [2.24, 2.45) is 0 Å². The number of esters is 1. The van der Waals surface area contributed by atoms with Crippen LogP contribution >= 0.6 is 0 Å². The molecule has 2 aromatic heterocycles.